The molecule has 1 amide bonds. The molecule has 0 aliphatic rings. The molecule has 72 heavy (non-hydrogen) atoms. The van der Waals surface area contributed by atoms with E-state index < -0.39 is 12.1 Å². The molecular weight excluding hydrogens is 887 g/mol. The highest BCUT2D eigenvalue weighted by Crippen LogP contribution is 2.18. The van der Waals surface area contributed by atoms with Crippen LogP contribution < -0.4 is 5.32 Å². The zero-order chi connectivity index (χ0) is 52.2. The number of allylic oxidation sites excluding steroid dienone is 3. The van der Waals surface area contributed by atoms with Crippen LogP contribution in [0.1, 0.15) is 361 Å². The Hall–Kier alpha value is -1.66. The van der Waals surface area contributed by atoms with Crippen LogP contribution in [0.15, 0.2) is 24.3 Å². The van der Waals surface area contributed by atoms with Gasteiger partial charge in [0.2, 0.25) is 5.91 Å². The molecule has 0 saturated carbocycles. The van der Waals surface area contributed by atoms with Crippen LogP contribution in [0, 0.1) is 0 Å². The maximum absolute atomic E-state index is 12.4. The van der Waals surface area contributed by atoms with Gasteiger partial charge in [0.15, 0.2) is 0 Å². The third-order valence-corrected chi connectivity index (χ3v) is 15.2. The smallest absolute Gasteiger partial charge is 0.305 e. The first kappa shape index (κ1) is 70.3. The topological polar surface area (TPSA) is 95.9 Å². The van der Waals surface area contributed by atoms with Gasteiger partial charge in [0.1, 0.15) is 0 Å². The Kier molecular flexibility index (Phi) is 60.5. The van der Waals surface area contributed by atoms with Crippen molar-refractivity contribution >= 4 is 11.9 Å². The third kappa shape index (κ3) is 57.6. The number of aliphatic hydroxyl groups excluding tert-OH is 2. The van der Waals surface area contributed by atoms with Crippen LogP contribution >= 0.6 is 0 Å². The fourth-order valence-electron chi connectivity index (χ4n) is 10.2. The summed E-state index contributed by atoms with van der Waals surface area (Å²) in [5.41, 5.74) is 0. The van der Waals surface area contributed by atoms with Crippen LogP contribution in [0.3, 0.4) is 0 Å². The van der Waals surface area contributed by atoms with Gasteiger partial charge in [0, 0.05) is 12.8 Å². The molecule has 3 N–H and O–H groups in total. The number of esters is 1. The molecule has 0 aromatic carbocycles. The Morgan fingerprint density at radius 2 is 0.653 bits per heavy atom. The molecule has 0 aromatic rings. The maximum Gasteiger partial charge on any atom is 0.305 e. The fraction of sp³-hybridized carbons (Fsp3) is 0.909. The van der Waals surface area contributed by atoms with Crippen LogP contribution in [0.25, 0.3) is 0 Å². The van der Waals surface area contributed by atoms with Gasteiger partial charge in [-0.25, -0.2) is 0 Å². The molecule has 0 heterocycles. The van der Waals surface area contributed by atoms with Gasteiger partial charge < -0.3 is 20.3 Å². The first-order valence-corrected chi connectivity index (χ1v) is 32.6. The molecule has 0 aliphatic carbocycles. The van der Waals surface area contributed by atoms with Gasteiger partial charge in [-0.05, 0) is 57.8 Å². The van der Waals surface area contributed by atoms with Crippen LogP contribution in [0.4, 0.5) is 0 Å². The monoisotopic (exact) mass is 1010 g/mol. The van der Waals surface area contributed by atoms with E-state index in [-0.39, 0.29) is 18.5 Å². The second-order valence-electron chi connectivity index (χ2n) is 22.5. The van der Waals surface area contributed by atoms with Gasteiger partial charge in [-0.1, -0.05) is 314 Å². The number of carbonyl (C=O) groups is 2. The lowest BCUT2D eigenvalue weighted by Crippen LogP contribution is -2.45. The van der Waals surface area contributed by atoms with E-state index in [0.29, 0.717) is 19.4 Å². The summed E-state index contributed by atoms with van der Waals surface area (Å²) in [6, 6.07) is -0.623. The average Bonchev–Trinajstić information content (AvgIpc) is 3.38. The summed E-state index contributed by atoms with van der Waals surface area (Å²) in [5, 5.41) is 23.1. The number of amides is 1. The van der Waals surface area contributed by atoms with Crippen LogP contribution in [0.5, 0.6) is 0 Å². The summed E-state index contributed by atoms with van der Waals surface area (Å²) < 4.78 is 5.47. The molecule has 0 bridgehead atoms. The number of unbranched alkanes of at least 4 members (excludes halogenated alkanes) is 48. The number of rotatable bonds is 61. The van der Waals surface area contributed by atoms with E-state index >= 15 is 0 Å². The van der Waals surface area contributed by atoms with Crippen molar-refractivity contribution in [3.05, 3.63) is 24.3 Å². The van der Waals surface area contributed by atoms with Gasteiger partial charge in [-0.3, -0.25) is 9.59 Å². The Labute approximate surface area is 450 Å². The van der Waals surface area contributed by atoms with Gasteiger partial charge in [0.05, 0.1) is 25.4 Å². The van der Waals surface area contributed by atoms with Crippen molar-refractivity contribution < 1.29 is 24.5 Å². The van der Waals surface area contributed by atoms with Gasteiger partial charge >= 0.3 is 5.97 Å². The van der Waals surface area contributed by atoms with Crippen LogP contribution in [-0.2, 0) is 14.3 Å². The number of aliphatic hydroxyl groups is 2. The molecule has 0 aromatic heterocycles. The number of hydrogen-bond donors (Lipinski definition) is 3. The molecule has 6 heteroatoms. The molecule has 0 fully saturated rings. The van der Waals surface area contributed by atoms with Crippen molar-refractivity contribution in [2.45, 2.75) is 373 Å². The predicted molar refractivity (Wildman–Crippen MR) is 315 cm³/mol. The lowest BCUT2D eigenvalue weighted by molar-refractivity contribution is -0.143. The zero-order valence-corrected chi connectivity index (χ0v) is 48.7. The zero-order valence-electron chi connectivity index (χ0n) is 48.7. The number of ether oxygens (including phenoxy) is 1. The minimum atomic E-state index is -0.840. The molecular formula is C66H127NO5. The molecule has 0 saturated heterocycles. The highest BCUT2D eigenvalue weighted by molar-refractivity contribution is 5.76. The van der Waals surface area contributed by atoms with Crippen molar-refractivity contribution in [3.63, 3.8) is 0 Å². The lowest BCUT2D eigenvalue weighted by Gasteiger charge is -2.20. The molecule has 6 nitrogen and oxygen atoms in total. The highest BCUT2D eigenvalue weighted by atomic mass is 16.5. The van der Waals surface area contributed by atoms with Crippen LogP contribution in [0.2, 0.25) is 0 Å². The molecule has 426 valence electrons. The molecule has 0 spiro atoms. The first-order valence-electron chi connectivity index (χ1n) is 32.6. The van der Waals surface area contributed by atoms with Gasteiger partial charge in [-0.2, -0.15) is 0 Å². The standard InChI is InChI=1S/C66H127NO5/c1-3-5-7-9-11-13-15-38-42-46-50-54-58-64(69)63(62-68)67-65(70)59-55-51-47-43-39-36-34-32-30-28-26-24-22-20-18-17-19-21-23-25-27-29-31-33-35-37-41-45-49-53-57-61-72-66(71)60-56-52-48-44-40-16-14-12-10-8-6-4-2/h12,14,54,58,63-64,68-69H,3-11,13,15-53,55-57,59-62H2,1-2H3,(H,67,70)/b14-12-,58-54+. The summed E-state index contributed by atoms with van der Waals surface area (Å²) in [5.74, 6) is -0.0527. The Balaban J connectivity index is 3.32. The Morgan fingerprint density at radius 3 is 1.01 bits per heavy atom. The first-order chi connectivity index (χ1) is 35.5. The summed E-state index contributed by atoms with van der Waals surface area (Å²) in [4.78, 5) is 24.5. The van der Waals surface area contributed by atoms with E-state index in [1.807, 2.05) is 6.08 Å². The molecule has 2 unspecified atom stereocenters. The summed E-state index contributed by atoms with van der Waals surface area (Å²) in [6.07, 6.45) is 76.8. The predicted octanol–water partition coefficient (Wildman–Crippen LogP) is 20.6. The second-order valence-corrected chi connectivity index (χ2v) is 22.5. The van der Waals surface area contributed by atoms with Crippen molar-refractivity contribution in [2.75, 3.05) is 13.2 Å². The van der Waals surface area contributed by atoms with E-state index in [9.17, 15) is 19.8 Å². The Bertz CT molecular complexity index is 1120. The van der Waals surface area contributed by atoms with E-state index in [4.69, 9.17) is 4.74 Å². The second kappa shape index (κ2) is 61.9. The van der Waals surface area contributed by atoms with E-state index in [0.717, 1.165) is 44.9 Å². The van der Waals surface area contributed by atoms with E-state index in [1.165, 1.54) is 289 Å². The van der Waals surface area contributed by atoms with Gasteiger partial charge in [0.25, 0.3) is 0 Å². The molecule has 0 rings (SSSR count). The normalized spacial score (nSPS) is 12.7. The highest BCUT2D eigenvalue weighted by Gasteiger charge is 2.18. The van der Waals surface area contributed by atoms with Crippen molar-refractivity contribution in [1.82, 2.24) is 5.32 Å². The average molecular weight is 1010 g/mol. The summed E-state index contributed by atoms with van der Waals surface area (Å²) >= 11 is 0. The molecule has 0 aliphatic heterocycles. The minimum Gasteiger partial charge on any atom is -0.466 e. The van der Waals surface area contributed by atoms with Crippen molar-refractivity contribution in [3.8, 4) is 0 Å². The lowest BCUT2D eigenvalue weighted by atomic mass is 10.0. The van der Waals surface area contributed by atoms with Crippen molar-refractivity contribution in [2.24, 2.45) is 0 Å². The summed E-state index contributed by atoms with van der Waals surface area (Å²) in [7, 11) is 0. The largest absolute Gasteiger partial charge is 0.466 e. The minimum absolute atomic E-state index is 0.0104. The summed E-state index contributed by atoms with van der Waals surface area (Å²) in [6.45, 7) is 4.89. The quantitative estimate of drug-likeness (QED) is 0.0320. The molecule has 2 atom stereocenters. The van der Waals surface area contributed by atoms with Crippen molar-refractivity contribution in [1.29, 1.82) is 0 Å². The van der Waals surface area contributed by atoms with Crippen LogP contribution in [-0.4, -0.2) is 47.4 Å². The molecule has 0 radical (unpaired) electrons. The maximum atomic E-state index is 12.4. The number of nitrogens with one attached hydrogen (secondary N) is 1. The number of carbonyl (C=O) groups excluding carboxylic acids is 2. The van der Waals surface area contributed by atoms with E-state index in [2.05, 4.69) is 31.3 Å². The van der Waals surface area contributed by atoms with Gasteiger partial charge in [-0.15, -0.1) is 0 Å². The third-order valence-electron chi connectivity index (χ3n) is 15.2. The SMILES string of the molecule is CCCCC/C=C\CCCCCCCC(=O)OCCCCCCCCCCCCCCCCCCCCCCCCCCCCCCCCCC(=O)NC(CO)C(O)/C=C/CCCCCCCCCCCC. The Morgan fingerprint density at radius 1 is 0.375 bits per heavy atom. The number of hydrogen-bond acceptors (Lipinski definition) is 5. The fourth-order valence-corrected chi connectivity index (χ4v) is 10.2. The van der Waals surface area contributed by atoms with E-state index in [1.54, 1.807) is 6.08 Å².